The first kappa shape index (κ1) is 13.6. The summed E-state index contributed by atoms with van der Waals surface area (Å²) in [5.74, 6) is 0. The average Bonchev–Trinajstić information content (AvgIpc) is 2.99. The highest BCUT2D eigenvalue weighted by Crippen LogP contribution is 2.10. The van der Waals surface area contributed by atoms with Gasteiger partial charge in [-0.15, -0.1) is 5.10 Å². The molecule has 1 aliphatic rings. The maximum absolute atomic E-state index is 11.7. The maximum atomic E-state index is 11.7. The number of rotatable bonds is 4. The minimum atomic E-state index is -0.202. The molecule has 0 fully saturated rings. The van der Waals surface area contributed by atoms with E-state index in [2.05, 4.69) is 20.9 Å². The van der Waals surface area contributed by atoms with Gasteiger partial charge in [0, 0.05) is 13.1 Å². The highest BCUT2D eigenvalue weighted by atomic mass is 16.5. The van der Waals surface area contributed by atoms with Crippen LogP contribution in [0.15, 0.2) is 36.5 Å². The maximum Gasteiger partial charge on any atom is 0.315 e. The summed E-state index contributed by atoms with van der Waals surface area (Å²) in [5.41, 5.74) is 2.02. The third-order valence-electron chi connectivity index (χ3n) is 3.33. The molecule has 2 aromatic rings. The Balaban J connectivity index is 1.40. The Morgan fingerprint density at radius 3 is 3.05 bits per heavy atom. The number of carbonyl (C=O) groups excluding carboxylic acids is 1. The molecule has 21 heavy (non-hydrogen) atoms. The molecule has 0 saturated heterocycles. The minimum Gasteiger partial charge on any atom is -0.368 e. The third-order valence-corrected chi connectivity index (χ3v) is 3.33. The van der Waals surface area contributed by atoms with E-state index < -0.39 is 0 Å². The van der Waals surface area contributed by atoms with Crippen LogP contribution in [0, 0.1) is 0 Å². The molecule has 1 aliphatic heterocycles. The first-order chi connectivity index (χ1) is 10.3. The molecule has 0 bridgehead atoms. The van der Waals surface area contributed by atoms with Crippen molar-refractivity contribution in [3.8, 4) is 0 Å². The topological polar surface area (TPSA) is 81.1 Å². The number of carbonyl (C=O) groups is 1. The van der Waals surface area contributed by atoms with E-state index in [9.17, 15) is 4.79 Å². The van der Waals surface area contributed by atoms with Gasteiger partial charge in [0.1, 0.15) is 0 Å². The predicted octanol–water partition coefficient (Wildman–Crippen LogP) is 0.676. The quantitative estimate of drug-likeness (QED) is 0.866. The molecule has 1 aromatic carbocycles. The summed E-state index contributed by atoms with van der Waals surface area (Å²) >= 11 is 0. The van der Waals surface area contributed by atoms with Gasteiger partial charge in [-0.3, -0.25) is 0 Å². The van der Waals surface area contributed by atoms with E-state index in [1.165, 1.54) is 0 Å². The highest BCUT2D eigenvalue weighted by Gasteiger charge is 2.20. The van der Waals surface area contributed by atoms with Crippen LogP contribution in [0.5, 0.6) is 0 Å². The van der Waals surface area contributed by atoms with Gasteiger partial charge in [0.15, 0.2) is 0 Å². The summed E-state index contributed by atoms with van der Waals surface area (Å²) in [6.07, 6.45) is 1.61. The molecule has 1 aromatic heterocycles. The number of hydrogen-bond acceptors (Lipinski definition) is 4. The molecule has 0 radical (unpaired) electrons. The number of aromatic nitrogens is 3. The zero-order valence-electron chi connectivity index (χ0n) is 11.5. The number of fused-ring (bicyclic) bond motifs is 1. The Morgan fingerprint density at radius 1 is 1.33 bits per heavy atom. The van der Waals surface area contributed by atoms with Crippen LogP contribution in [0.1, 0.15) is 11.3 Å². The summed E-state index contributed by atoms with van der Waals surface area (Å²) in [4.78, 5) is 11.7. The van der Waals surface area contributed by atoms with Crippen LogP contribution in [-0.4, -0.2) is 33.7 Å². The Hall–Kier alpha value is -2.41. The van der Waals surface area contributed by atoms with Gasteiger partial charge >= 0.3 is 6.03 Å². The lowest BCUT2D eigenvalue weighted by Crippen LogP contribution is -2.43. The molecule has 2 heterocycles. The molecule has 3 rings (SSSR count). The number of nitrogens with one attached hydrogen (secondary N) is 2. The van der Waals surface area contributed by atoms with Crippen LogP contribution in [-0.2, 0) is 24.4 Å². The molecule has 7 nitrogen and oxygen atoms in total. The molecular formula is C14H17N5O2. The molecule has 1 unspecified atom stereocenters. The van der Waals surface area contributed by atoms with Gasteiger partial charge in [-0.25, -0.2) is 9.48 Å². The summed E-state index contributed by atoms with van der Waals surface area (Å²) in [7, 11) is 0. The van der Waals surface area contributed by atoms with Crippen LogP contribution < -0.4 is 10.6 Å². The Bertz CT molecular complexity index is 598. The van der Waals surface area contributed by atoms with E-state index in [-0.39, 0.29) is 12.1 Å². The molecule has 0 saturated carbocycles. The Labute approximate surface area is 122 Å². The molecule has 110 valence electrons. The van der Waals surface area contributed by atoms with Crippen molar-refractivity contribution in [2.45, 2.75) is 25.8 Å². The molecule has 2 N–H and O–H groups in total. The number of amides is 2. The lowest BCUT2D eigenvalue weighted by molar-refractivity contribution is 0.00263. The number of ether oxygens (including phenoxy) is 1. The highest BCUT2D eigenvalue weighted by molar-refractivity contribution is 5.73. The van der Waals surface area contributed by atoms with Gasteiger partial charge in [0.05, 0.1) is 31.1 Å². The molecule has 7 heteroatoms. The van der Waals surface area contributed by atoms with Crippen molar-refractivity contribution in [3.05, 3.63) is 47.8 Å². The van der Waals surface area contributed by atoms with Gasteiger partial charge in [-0.2, -0.15) is 0 Å². The van der Waals surface area contributed by atoms with Gasteiger partial charge in [-0.05, 0) is 5.56 Å². The van der Waals surface area contributed by atoms with Crippen molar-refractivity contribution < 1.29 is 9.53 Å². The van der Waals surface area contributed by atoms with Gasteiger partial charge < -0.3 is 15.4 Å². The van der Waals surface area contributed by atoms with E-state index in [1.807, 2.05) is 30.3 Å². The molecule has 2 amide bonds. The normalized spacial score (nSPS) is 17.0. The van der Waals surface area contributed by atoms with Crippen molar-refractivity contribution >= 4 is 6.03 Å². The Kier molecular flexibility index (Phi) is 4.11. The van der Waals surface area contributed by atoms with Crippen LogP contribution in [0.2, 0.25) is 0 Å². The second-order valence-corrected chi connectivity index (χ2v) is 4.89. The van der Waals surface area contributed by atoms with Crippen molar-refractivity contribution in [2.24, 2.45) is 0 Å². The molecule has 1 atom stereocenters. The van der Waals surface area contributed by atoms with Gasteiger partial charge in [0.2, 0.25) is 0 Å². The van der Waals surface area contributed by atoms with Crippen LogP contribution in [0.4, 0.5) is 4.79 Å². The molecule has 0 spiro atoms. The van der Waals surface area contributed by atoms with Crippen molar-refractivity contribution in [3.63, 3.8) is 0 Å². The van der Waals surface area contributed by atoms with Crippen LogP contribution >= 0.6 is 0 Å². The first-order valence-corrected chi connectivity index (χ1v) is 6.86. The first-order valence-electron chi connectivity index (χ1n) is 6.86. The number of benzene rings is 1. The molecular weight excluding hydrogens is 270 g/mol. The number of urea groups is 1. The lowest BCUT2D eigenvalue weighted by atomic mass is 10.2. The largest absolute Gasteiger partial charge is 0.368 e. The average molecular weight is 287 g/mol. The SMILES string of the molecule is O=C(NCc1ccccc1)NCC1Cn2nncc2CO1. The zero-order valence-corrected chi connectivity index (χ0v) is 11.5. The minimum absolute atomic E-state index is 0.0818. The van der Waals surface area contributed by atoms with E-state index >= 15 is 0 Å². The van der Waals surface area contributed by atoms with Gasteiger partial charge in [0.25, 0.3) is 0 Å². The van der Waals surface area contributed by atoms with Crippen molar-refractivity contribution in [1.82, 2.24) is 25.6 Å². The van der Waals surface area contributed by atoms with Crippen molar-refractivity contribution in [1.29, 1.82) is 0 Å². The second kappa shape index (κ2) is 6.36. The fourth-order valence-corrected chi connectivity index (χ4v) is 2.16. The number of nitrogens with zero attached hydrogens (tertiary/aromatic N) is 3. The van der Waals surface area contributed by atoms with E-state index in [0.29, 0.717) is 26.2 Å². The van der Waals surface area contributed by atoms with Crippen molar-refractivity contribution in [2.75, 3.05) is 6.54 Å². The van der Waals surface area contributed by atoms with Crippen LogP contribution in [0.25, 0.3) is 0 Å². The standard InChI is InChI=1S/C14H17N5O2/c20-14(15-6-11-4-2-1-3-5-11)16-8-13-9-19-12(10-21-13)7-17-18-19/h1-5,7,13H,6,8-10H2,(H2,15,16,20). The van der Waals surface area contributed by atoms with Gasteiger partial charge in [-0.1, -0.05) is 35.5 Å². The number of hydrogen-bond donors (Lipinski definition) is 2. The van der Waals surface area contributed by atoms with E-state index in [4.69, 9.17) is 4.74 Å². The van der Waals surface area contributed by atoms with E-state index in [0.717, 1.165) is 11.3 Å². The monoisotopic (exact) mass is 287 g/mol. The third kappa shape index (κ3) is 3.57. The lowest BCUT2D eigenvalue weighted by Gasteiger charge is -2.23. The Morgan fingerprint density at radius 2 is 2.19 bits per heavy atom. The van der Waals surface area contributed by atoms with E-state index in [1.54, 1.807) is 10.9 Å². The predicted molar refractivity (Wildman–Crippen MR) is 75.3 cm³/mol. The summed E-state index contributed by atoms with van der Waals surface area (Å²) in [6, 6.07) is 9.57. The second-order valence-electron chi connectivity index (χ2n) is 4.89. The summed E-state index contributed by atoms with van der Waals surface area (Å²) < 4.78 is 7.44. The molecule has 0 aliphatic carbocycles. The summed E-state index contributed by atoms with van der Waals surface area (Å²) in [5, 5.41) is 13.4. The fourth-order valence-electron chi connectivity index (χ4n) is 2.16. The smallest absolute Gasteiger partial charge is 0.315 e. The van der Waals surface area contributed by atoms with Crippen LogP contribution in [0.3, 0.4) is 0 Å². The summed E-state index contributed by atoms with van der Waals surface area (Å²) in [6.45, 7) is 2.03. The zero-order chi connectivity index (χ0) is 14.5. The fraction of sp³-hybridized carbons (Fsp3) is 0.357.